The van der Waals surface area contributed by atoms with E-state index in [1.54, 1.807) is 6.20 Å². The maximum absolute atomic E-state index is 13.0. The Morgan fingerprint density at radius 2 is 2.15 bits per heavy atom. The van der Waals surface area contributed by atoms with E-state index in [9.17, 15) is 4.79 Å². The molecule has 0 saturated heterocycles. The smallest absolute Gasteiger partial charge is 0.254 e. The summed E-state index contributed by atoms with van der Waals surface area (Å²) in [7, 11) is 0. The first kappa shape index (κ1) is 17.9. The van der Waals surface area contributed by atoms with Crippen LogP contribution in [0.5, 0.6) is 5.75 Å². The predicted molar refractivity (Wildman–Crippen MR) is 106 cm³/mol. The van der Waals surface area contributed by atoms with Crippen molar-refractivity contribution in [3.63, 3.8) is 0 Å². The van der Waals surface area contributed by atoms with Crippen LogP contribution >= 0.6 is 11.6 Å². The van der Waals surface area contributed by atoms with Crippen LogP contribution < -0.4 is 4.74 Å². The molecule has 1 amide bonds. The van der Waals surface area contributed by atoms with Gasteiger partial charge < -0.3 is 14.2 Å². The summed E-state index contributed by atoms with van der Waals surface area (Å²) in [5.41, 5.74) is 3.71. The van der Waals surface area contributed by atoms with Gasteiger partial charge in [0.05, 0.1) is 18.2 Å². The van der Waals surface area contributed by atoms with E-state index in [0.29, 0.717) is 30.3 Å². The van der Waals surface area contributed by atoms with Crippen molar-refractivity contribution >= 4 is 28.5 Å². The highest BCUT2D eigenvalue weighted by Crippen LogP contribution is 2.29. The quantitative estimate of drug-likeness (QED) is 0.669. The third-order valence-corrected chi connectivity index (χ3v) is 5.39. The first-order chi connectivity index (χ1) is 13.1. The van der Waals surface area contributed by atoms with E-state index in [1.807, 2.05) is 36.1 Å². The number of aryl methyl sites for hydroxylation is 1. The van der Waals surface area contributed by atoms with Gasteiger partial charge in [-0.15, -0.1) is 0 Å². The zero-order chi connectivity index (χ0) is 19.0. The van der Waals surface area contributed by atoms with Crippen LogP contribution in [-0.4, -0.2) is 33.5 Å². The van der Waals surface area contributed by atoms with Crippen molar-refractivity contribution in [2.24, 2.45) is 0 Å². The zero-order valence-corrected chi connectivity index (χ0v) is 16.3. The van der Waals surface area contributed by atoms with Crippen LogP contribution in [0.2, 0.25) is 5.02 Å². The number of ether oxygens (including phenoxy) is 1. The Kier molecular flexibility index (Phi) is 4.79. The fraction of sp³-hybridized carbons (Fsp3) is 0.333. The lowest BCUT2D eigenvalue weighted by Gasteiger charge is -2.29. The van der Waals surface area contributed by atoms with Gasteiger partial charge in [-0.2, -0.15) is 0 Å². The van der Waals surface area contributed by atoms with Gasteiger partial charge in [0.2, 0.25) is 0 Å². The Labute approximate surface area is 163 Å². The fourth-order valence-electron chi connectivity index (χ4n) is 3.52. The number of carbonyl (C=O) groups is 1. The topological polar surface area (TPSA) is 47.4 Å². The normalized spacial score (nSPS) is 13.7. The highest BCUT2D eigenvalue weighted by molar-refractivity contribution is 6.32. The van der Waals surface area contributed by atoms with Gasteiger partial charge in [-0.05, 0) is 43.2 Å². The Balaban J connectivity index is 1.59. The van der Waals surface area contributed by atoms with Gasteiger partial charge in [0, 0.05) is 35.9 Å². The Morgan fingerprint density at radius 3 is 2.96 bits per heavy atom. The summed E-state index contributed by atoms with van der Waals surface area (Å²) in [4.78, 5) is 19.4. The van der Waals surface area contributed by atoms with Crippen molar-refractivity contribution in [2.45, 2.75) is 33.4 Å². The lowest BCUT2D eigenvalue weighted by Crippen LogP contribution is -2.38. The first-order valence-corrected chi connectivity index (χ1v) is 9.61. The minimum Gasteiger partial charge on any atom is -0.494 e. The van der Waals surface area contributed by atoms with Gasteiger partial charge in [-0.1, -0.05) is 24.6 Å². The molecule has 0 saturated carbocycles. The molecule has 0 atom stereocenters. The van der Waals surface area contributed by atoms with E-state index in [4.69, 9.17) is 16.3 Å². The van der Waals surface area contributed by atoms with Crippen molar-refractivity contribution in [1.82, 2.24) is 14.5 Å². The third-order valence-electron chi connectivity index (χ3n) is 5.00. The van der Waals surface area contributed by atoms with Gasteiger partial charge in [-0.25, -0.2) is 4.98 Å². The summed E-state index contributed by atoms with van der Waals surface area (Å²) in [5.74, 6) is 0.763. The molecule has 1 aliphatic rings. The maximum Gasteiger partial charge on any atom is 0.254 e. The number of aromatic nitrogens is 2. The van der Waals surface area contributed by atoms with Crippen LogP contribution in [-0.2, 0) is 13.1 Å². The molecule has 0 spiro atoms. The number of amides is 1. The minimum atomic E-state index is 0.0242. The van der Waals surface area contributed by atoms with E-state index in [1.165, 1.54) is 0 Å². The Hall–Kier alpha value is -2.53. The number of rotatable bonds is 4. The number of hydrogen-bond acceptors (Lipinski definition) is 3. The van der Waals surface area contributed by atoms with Crippen molar-refractivity contribution in [2.75, 3.05) is 13.2 Å². The molecule has 140 valence electrons. The van der Waals surface area contributed by atoms with Gasteiger partial charge in [0.1, 0.15) is 11.4 Å². The summed E-state index contributed by atoms with van der Waals surface area (Å²) in [5, 5.41) is 1.73. The molecule has 1 aliphatic heterocycles. The summed E-state index contributed by atoms with van der Waals surface area (Å²) in [6.45, 7) is 6.65. The molecule has 3 aromatic rings. The van der Waals surface area contributed by atoms with Gasteiger partial charge >= 0.3 is 0 Å². The monoisotopic (exact) mass is 383 g/mol. The zero-order valence-electron chi connectivity index (χ0n) is 15.5. The van der Waals surface area contributed by atoms with Crippen molar-refractivity contribution in [1.29, 1.82) is 0 Å². The number of pyridine rings is 1. The maximum atomic E-state index is 13.0. The number of nitrogens with zero attached hydrogens (tertiary/aromatic N) is 3. The molecular weight excluding hydrogens is 362 g/mol. The molecule has 3 heterocycles. The highest BCUT2D eigenvalue weighted by atomic mass is 35.5. The predicted octanol–water partition coefficient (Wildman–Crippen LogP) is 4.44. The van der Waals surface area contributed by atoms with E-state index in [-0.39, 0.29) is 5.91 Å². The van der Waals surface area contributed by atoms with Crippen LogP contribution in [0.1, 0.15) is 35.0 Å². The number of fused-ring (bicyclic) bond motifs is 3. The molecule has 0 fully saturated rings. The van der Waals surface area contributed by atoms with Crippen molar-refractivity contribution < 1.29 is 9.53 Å². The molecule has 0 aliphatic carbocycles. The second kappa shape index (κ2) is 7.24. The van der Waals surface area contributed by atoms with Gasteiger partial charge in [-0.3, -0.25) is 4.79 Å². The molecular formula is C21H22ClN3O2. The molecule has 27 heavy (non-hydrogen) atoms. The van der Waals surface area contributed by atoms with Crippen molar-refractivity contribution in [3.8, 4) is 5.75 Å². The molecule has 5 nitrogen and oxygen atoms in total. The van der Waals surface area contributed by atoms with E-state index in [2.05, 4.69) is 22.5 Å². The number of benzene rings is 1. The minimum absolute atomic E-state index is 0.0242. The molecule has 4 rings (SSSR count). The molecule has 0 N–H and O–H groups in total. The van der Waals surface area contributed by atoms with Crippen LogP contribution in [0.25, 0.3) is 11.0 Å². The van der Waals surface area contributed by atoms with E-state index < -0.39 is 0 Å². The number of carbonyl (C=O) groups excluding carboxylic acids is 1. The lowest BCUT2D eigenvalue weighted by atomic mass is 10.1. The second-order valence-electron chi connectivity index (χ2n) is 6.86. The van der Waals surface area contributed by atoms with E-state index >= 15 is 0 Å². The van der Waals surface area contributed by atoms with Gasteiger partial charge in [0.25, 0.3) is 5.91 Å². The molecule has 0 radical (unpaired) electrons. The van der Waals surface area contributed by atoms with Crippen LogP contribution in [0.15, 0.2) is 36.5 Å². The average molecular weight is 384 g/mol. The average Bonchev–Trinajstić information content (AvgIpc) is 3.07. The Morgan fingerprint density at radius 1 is 1.30 bits per heavy atom. The van der Waals surface area contributed by atoms with Crippen LogP contribution in [0.3, 0.4) is 0 Å². The molecule has 6 heteroatoms. The van der Waals surface area contributed by atoms with E-state index in [0.717, 1.165) is 41.0 Å². The lowest BCUT2D eigenvalue weighted by molar-refractivity contribution is 0.0712. The van der Waals surface area contributed by atoms with Crippen molar-refractivity contribution in [3.05, 3.63) is 58.4 Å². The number of halogens is 1. The van der Waals surface area contributed by atoms with Crippen LogP contribution in [0.4, 0.5) is 0 Å². The summed E-state index contributed by atoms with van der Waals surface area (Å²) >= 11 is 6.21. The summed E-state index contributed by atoms with van der Waals surface area (Å²) in [6.07, 6.45) is 2.64. The molecule has 0 unspecified atom stereocenters. The molecule has 2 aromatic heterocycles. The second-order valence-corrected chi connectivity index (χ2v) is 7.27. The standard InChI is InChI=1S/C21H22ClN3O2/c1-3-9-27-17-6-4-5-15(10-17)21(26)24-7-8-25-16(13-24)11-18-14(2)19(22)12-23-20(18)25/h4-6,10-12H,3,7-9,13H2,1-2H3. The third kappa shape index (κ3) is 3.28. The SMILES string of the molecule is CCCOc1cccc(C(=O)N2CCn3c(cc4c(C)c(Cl)cnc43)C2)c1. The number of hydrogen-bond donors (Lipinski definition) is 0. The summed E-state index contributed by atoms with van der Waals surface area (Å²) in [6, 6.07) is 9.53. The molecule has 1 aromatic carbocycles. The highest BCUT2D eigenvalue weighted by Gasteiger charge is 2.24. The van der Waals surface area contributed by atoms with Gasteiger partial charge in [0.15, 0.2) is 0 Å². The Bertz CT molecular complexity index is 1010. The molecule has 0 bridgehead atoms. The first-order valence-electron chi connectivity index (χ1n) is 9.24. The fourth-order valence-corrected chi connectivity index (χ4v) is 3.67. The summed E-state index contributed by atoms with van der Waals surface area (Å²) < 4.78 is 7.84. The van der Waals surface area contributed by atoms with Crippen LogP contribution in [0, 0.1) is 6.92 Å². The largest absolute Gasteiger partial charge is 0.494 e.